The molecule has 0 aliphatic rings. The van der Waals surface area contributed by atoms with Crippen molar-refractivity contribution >= 4 is 43.4 Å². The molecule has 1 amide bonds. The van der Waals surface area contributed by atoms with Gasteiger partial charge in [0.25, 0.3) is 5.91 Å². The van der Waals surface area contributed by atoms with Crippen molar-refractivity contribution in [3.63, 3.8) is 0 Å². The predicted molar refractivity (Wildman–Crippen MR) is 111 cm³/mol. The highest BCUT2D eigenvalue weighted by molar-refractivity contribution is 9.10. The Kier molecular flexibility index (Phi) is 5.47. The van der Waals surface area contributed by atoms with Crippen LogP contribution in [0.25, 0.3) is 10.2 Å². The zero-order chi connectivity index (χ0) is 20.5. The van der Waals surface area contributed by atoms with E-state index in [9.17, 15) is 18.0 Å². The Morgan fingerprint density at radius 3 is 2.59 bits per heavy atom. The highest BCUT2D eigenvalue weighted by Crippen LogP contribution is 2.34. The van der Waals surface area contributed by atoms with Crippen molar-refractivity contribution in [1.29, 1.82) is 0 Å². The van der Waals surface area contributed by atoms with E-state index in [1.807, 2.05) is 5.38 Å². The van der Waals surface area contributed by atoms with E-state index in [4.69, 9.17) is 0 Å². The minimum absolute atomic E-state index is 0.0242. The SMILES string of the molecule is O=C(NCc1ccccc1F)c1cc2scc(Br)c2n1Cc1ccc(F)cc1F. The fraction of sp³-hybridized carbons (Fsp3) is 0.0952. The number of fused-ring (bicyclic) bond motifs is 1. The molecule has 3 nitrogen and oxygen atoms in total. The molecule has 4 aromatic rings. The van der Waals surface area contributed by atoms with Crippen molar-refractivity contribution < 1.29 is 18.0 Å². The summed E-state index contributed by atoms with van der Waals surface area (Å²) < 4.78 is 44.6. The van der Waals surface area contributed by atoms with Crippen LogP contribution < -0.4 is 5.32 Å². The third kappa shape index (κ3) is 3.95. The molecule has 0 radical (unpaired) electrons. The number of rotatable bonds is 5. The minimum Gasteiger partial charge on any atom is -0.347 e. The van der Waals surface area contributed by atoms with E-state index in [0.717, 1.165) is 20.8 Å². The van der Waals surface area contributed by atoms with Crippen LogP contribution in [0.3, 0.4) is 0 Å². The summed E-state index contributed by atoms with van der Waals surface area (Å²) >= 11 is 4.90. The predicted octanol–water partition coefficient (Wildman–Crippen LogP) is 5.86. The lowest BCUT2D eigenvalue weighted by molar-refractivity contribution is 0.0942. The number of halogens is 4. The maximum absolute atomic E-state index is 14.2. The molecular weight excluding hydrogens is 465 g/mol. The molecule has 148 valence electrons. The second-order valence-corrected chi connectivity index (χ2v) is 8.19. The fourth-order valence-electron chi connectivity index (χ4n) is 3.11. The molecule has 0 saturated carbocycles. The molecule has 2 heterocycles. The topological polar surface area (TPSA) is 34.0 Å². The summed E-state index contributed by atoms with van der Waals surface area (Å²) in [4.78, 5) is 12.8. The van der Waals surface area contributed by atoms with Crippen LogP contribution in [-0.2, 0) is 13.1 Å². The van der Waals surface area contributed by atoms with Gasteiger partial charge in [0.05, 0.1) is 21.2 Å². The van der Waals surface area contributed by atoms with Crippen LogP contribution in [0.15, 0.2) is 58.4 Å². The van der Waals surface area contributed by atoms with Gasteiger partial charge in [-0.05, 0) is 34.1 Å². The average molecular weight is 479 g/mol. The Morgan fingerprint density at radius 2 is 1.83 bits per heavy atom. The van der Waals surface area contributed by atoms with Gasteiger partial charge >= 0.3 is 0 Å². The van der Waals surface area contributed by atoms with Crippen LogP contribution in [0.1, 0.15) is 21.6 Å². The monoisotopic (exact) mass is 478 g/mol. The van der Waals surface area contributed by atoms with Crippen molar-refractivity contribution in [2.24, 2.45) is 0 Å². The molecule has 2 aromatic heterocycles. The second kappa shape index (κ2) is 8.04. The van der Waals surface area contributed by atoms with E-state index in [0.29, 0.717) is 11.3 Å². The summed E-state index contributed by atoms with van der Waals surface area (Å²) in [6.07, 6.45) is 0. The van der Waals surface area contributed by atoms with Crippen molar-refractivity contribution in [1.82, 2.24) is 9.88 Å². The van der Waals surface area contributed by atoms with E-state index in [1.54, 1.807) is 28.8 Å². The van der Waals surface area contributed by atoms with Gasteiger partial charge in [0.1, 0.15) is 23.1 Å². The maximum atomic E-state index is 14.2. The summed E-state index contributed by atoms with van der Waals surface area (Å²) in [5.41, 5.74) is 1.68. The molecule has 0 aliphatic heterocycles. The first-order valence-electron chi connectivity index (χ1n) is 8.66. The Morgan fingerprint density at radius 1 is 1.03 bits per heavy atom. The molecular formula is C21H14BrF3N2OS. The first-order chi connectivity index (χ1) is 13.9. The van der Waals surface area contributed by atoms with Gasteiger partial charge in [0.2, 0.25) is 0 Å². The lowest BCUT2D eigenvalue weighted by Crippen LogP contribution is -2.26. The molecule has 2 aromatic carbocycles. The summed E-state index contributed by atoms with van der Waals surface area (Å²) in [6, 6.07) is 11.3. The molecule has 0 aliphatic carbocycles. The summed E-state index contributed by atoms with van der Waals surface area (Å²) in [7, 11) is 0. The number of benzene rings is 2. The van der Waals surface area contributed by atoms with Crippen LogP contribution in [0.4, 0.5) is 13.2 Å². The number of nitrogens with one attached hydrogen (secondary N) is 1. The van der Waals surface area contributed by atoms with Crippen LogP contribution in [0.2, 0.25) is 0 Å². The van der Waals surface area contributed by atoms with Gasteiger partial charge in [0, 0.05) is 29.1 Å². The average Bonchev–Trinajstić information content (AvgIpc) is 3.23. The third-order valence-electron chi connectivity index (χ3n) is 4.55. The van der Waals surface area contributed by atoms with Gasteiger partial charge in [0.15, 0.2) is 0 Å². The normalized spacial score (nSPS) is 11.2. The van der Waals surface area contributed by atoms with Crippen LogP contribution in [0, 0.1) is 17.5 Å². The van der Waals surface area contributed by atoms with Crippen molar-refractivity contribution in [2.75, 3.05) is 0 Å². The van der Waals surface area contributed by atoms with Gasteiger partial charge in [-0.3, -0.25) is 4.79 Å². The van der Waals surface area contributed by atoms with Gasteiger partial charge in [-0.15, -0.1) is 11.3 Å². The Bertz CT molecular complexity index is 1220. The molecule has 29 heavy (non-hydrogen) atoms. The number of hydrogen-bond acceptors (Lipinski definition) is 2. The fourth-order valence-corrected chi connectivity index (χ4v) is 4.80. The molecule has 8 heteroatoms. The number of thiophene rings is 1. The van der Waals surface area contributed by atoms with Crippen LogP contribution >= 0.6 is 27.3 Å². The lowest BCUT2D eigenvalue weighted by Gasteiger charge is -2.12. The quantitative estimate of drug-likeness (QED) is 0.382. The largest absolute Gasteiger partial charge is 0.347 e. The van der Waals surface area contributed by atoms with Crippen molar-refractivity contribution in [2.45, 2.75) is 13.1 Å². The zero-order valence-electron chi connectivity index (χ0n) is 14.9. The molecule has 0 fully saturated rings. The molecule has 0 spiro atoms. The van der Waals surface area contributed by atoms with E-state index < -0.39 is 23.4 Å². The molecule has 0 unspecified atom stereocenters. The number of carbonyl (C=O) groups is 1. The number of hydrogen-bond donors (Lipinski definition) is 1. The number of aromatic nitrogens is 1. The summed E-state index contributed by atoms with van der Waals surface area (Å²) in [6.45, 7) is 0.0732. The van der Waals surface area contributed by atoms with Crippen molar-refractivity contribution in [3.8, 4) is 0 Å². The van der Waals surface area contributed by atoms with E-state index >= 15 is 0 Å². The first-order valence-corrected chi connectivity index (χ1v) is 10.3. The van der Waals surface area contributed by atoms with Crippen molar-refractivity contribution in [3.05, 3.63) is 92.7 Å². The Labute approximate surface area is 176 Å². The molecule has 0 bridgehead atoms. The molecule has 0 atom stereocenters. The standard InChI is InChI=1S/C21H14BrF3N2OS/c22-15-11-29-19-8-18(21(28)26-9-12-3-1-2-4-16(12)24)27(20(15)19)10-13-5-6-14(23)7-17(13)25/h1-8,11H,9-10H2,(H,26,28). The molecule has 0 saturated heterocycles. The first kappa shape index (κ1) is 19.7. The van der Waals surface area contributed by atoms with E-state index in [2.05, 4.69) is 21.2 Å². The van der Waals surface area contributed by atoms with Gasteiger partial charge in [-0.1, -0.05) is 24.3 Å². The van der Waals surface area contributed by atoms with E-state index in [-0.39, 0.29) is 18.7 Å². The van der Waals surface area contributed by atoms with Gasteiger partial charge in [-0.2, -0.15) is 0 Å². The molecule has 4 rings (SSSR count). The highest BCUT2D eigenvalue weighted by Gasteiger charge is 2.20. The zero-order valence-corrected chi connectivity index (χ0v) is 17.3. The summed E-state index contributed by atoms with van der Waals surface area (Å²) in [5.74, 6) is -2.16. The minimum atomic E-state index is -0.684. The van der Waals surface area contributed by atoms with E-state index in [1.165, 1.54) is 29.5 Å². The lowest BCUT2D eigenvalue weighted by atomic mass is 10.2. The van der Waals surface area contributed by atoms with Crippen LogP contribution in [0.5, 0.6) is 0 Å². The number of nitrogens with zero attached hydrogens (tertiary/aromatic N) is 1. The number of amides is 1. The second-order valence-electron chi connectivity index (χ2n) is 6.42. The Balaban J connectivity index is 1.68. The number of carbonyl (C=O) groups excluding carboxylic acids is 1. The van der Waals surface area contributed by atoms with Gasteiger partial charge in [-0.25, -0.2) is 13.2 Å². The smallest absolute Gasteiger partial charge is 0.268 e. The Hall–Kier alpha value is -2.58. The highest BCUT2D eigenvalue weighted by atomic mass is 79.9. The van der Waals surface area contributed by atoms with Gasteiger partial charge < -0.3 is 9.88 Å². The molecule has 1 N–H and O–H groups in total. The summed E-state index contributed by atoms with van der Waals surface area (Å²) in [5, 5.41) is 4.59. The maximum Gasteiger partial charge on any atom is 0.268 e. The third-order valence-corrected chi connectivity index (χ3v) is 6.38. The van der Waals surface area contributed by atoms with Crippen LogP contribution in [-0.4, -0.2) is 10.5 Å².